The van der Waals surface area contributed by atoms with E-state index < -0.39 is 42.6 Å². The summed E-state index contributed by atoms with van der Waals surface area (Å²) in [6, 6.07) is 4.64. The van der Waals surface area contributed by atoms with Gasteiger partial charge in [-0.25, -0.2) is 14.2 Å². The molecule has 2 aromatic rings. The summed E-state index contributed by atoms with van der Waals surface area (Å²) in [6.07, 6.45) is 0.713. The zero-order valence-electron chi connectivity index (χ0n) is 22.0. The molecular weight excluding hydrogens is 487 g/mol. The minimum absolute atomic E-state index is 0.0185. The Kier molecular flexibility index (Phi) is 10.6. The number of nitrogens with zero attached hydrogens (tertiary/aromatic N) is 1. The van der Waals surface area contributed by atoms with Crippen molar-refractivity contribution in [2.45, 2.75) is 52.7 Å². The first-order valence-electron chi connectivity index (χ1n) is 11.6. The number of methoxy groups -OCH3 is 2. The fourth-order valence-corrected chi connectivity index (χ4v) is 3.86. The number of amides is 1. The molecule has 1 heterocycles. The monoisotopic (exact) mass is 520 g/mol. The van der Waals surface area contributed by atoms with E-state index >= 15 is 0 Å². The van der Waals surface area contributed by atoms with E-state index in [4.69, 9.17) is 23.7 Å². The highest BCUT2D eigenvalue weighted by Gasteiger charge is 2.31. The Hall–Kier alpha value is -3.89. The molecule has 0 bridgehead atoms. The molecule has 0 aliphatic rings. The molecule has 0 radical (unpaired) electrons. The van der Waals surface area contributed by atoms with Gasteiger partial charge in [0.25, 0.3) is 5.91 Å². The smallest absolute Gasteiger partial charge is 0.328 e. The lowest BCUT2D eigenvalue weighted by molar-refractivity contribution is -0.152. The average molecular weight is 521 g/mol. The van der Waals surface area contributed by atoms with E-state index in [-0.39, 0.29) is 29.0 Å². The van der Waals surface area contributed by atoms with Gasteiger partial charge in [0.05, 0.1) is 14.2 Å². The number of carbonyl (C=O) groups excluding carboxylic acids is 3. The second-order valence-electron chi connectivity index (χ2n) is 8.58. The van der Waals surface area contributed by atoms with Gasteiger partial charge in [0.2, 0.25) is 6.79 Å². The zero-order chi connectivity index (χ0) is 27.7. The number of benzene rings is 1. The third kappa shape index (κ3) is 7.80. The Labute approximate surface area is 215 Å². The second-order valence-corrected chi connectivity index (χ2v) is 8.58. The van der Waals surface area contributed by atoms with Gasteiger partial charge >= 0.3 is 11.9 Å². The minimum atomic E-state index is -1.05. The molecule has 0 aliphatic heterocycles. The predicted octanol–water partition coefficient (Wildman–Crippen LogP) is 3.63. The predicted molar refractivity (Wildman–Crippen MR) is 131 cm³/mol. The van der Waals surface area contributed by atoms with Gasteiger partial charge in [0.15, 0.2) is 17.2 Å². The molecule has 0 saturated heterocycles. The van der Waals surface area contributed by atoms with Crippen molar-refractivity contribution in [2.75, 3.05) is 21.0 Å². The largest absolute Gasteiger partial charge is 0.496 e. The van der Waals surface area contributed by atoms with Crippen molar-refractivity contribution in [1.82, 2.24) is 10.3 Å². The second kappa shape index (κ2) is 13.4. The molecule has 10 nitrogen and oxygen atoms in total. The van der Waals surface area contributed by atoms with Gasteiger partial charge in [-0.05, 0) is 25.8 Å². The van der Waals surface area contributed by atoms with Crippen molar-refractivity contribution in [3.05, 3.63) is 47.5 Å². The van der Waals surface area contributed by atoms with E-state index in [9.17, 15) is 18.8 Å². The number of aromatic nitrogens is 1. The maximum atomic E-state index is 13.7. The lowest BCUT2D eigenvalue weighted by Gasteiger charge is -2.30. The van der Waals surface area contributed by atoms with Crippen LogP contribution < -0.4 is 19.5 Å². The molecule has 37 heavy (non-hydrogen) atoms. The zero-order valence-corrected chi connectivity index (χ0v) is 22.0. The minimum Gasteiger partial charge on any atom is -0.496 e. The molecule has 0 fully saturated rings. The van der Waals surface area contributed by atoms with Crippen LogP contribution in [0.15, 0.2) is 30.5 Å². The van der Waals surface area contributed by atoms with E-state index in [0.717, 1.165) is 0 Å². The Bertz CT molecular complexity index is 1110. The number of carbonyl (C=O) groups is 3. The highest BCUT2D eigenvalue weighted by atomic mass is 19.1. The maximum Gasteiger partial charge on any atom is 0.328 e. The number of pyridine rings is 1. The van der Waals surface area contributed by atoms with Crippen molar-refractivity contribution in [3.63, 3.8) is 0 Å². The van der Waals surface area contributed by atoms with E-state index in [1.54, 1.807) is 13.0 Å². The van der Waals surface area contributed by atoms with Crippen LogP contribution in [0.3, 0.4) is 0 Å². The number of hydrogen-bond donors (Lipinski definition) is 1. The summed E-state index contributed by atoms with van der Waals surface area (Å²) >= 11 is 0. The quantitative estimate of drug-likeness (QED) is 0.330. The third-order valence-corrected chi connectivity index (χ3v) is 5.55. The van der Waals surface area contributed by atoms with Gasteiger partial charge in [-0.1, -0.05) is 19.9 Å². The van der Waals surface area contributed by atoms with Crippen LogP contribution in [-0.4, -0.2) is 56.0 Å². The van der Waals surface area contributed by atoms with Gasteiger partial charge < -0.3 is 29.0 Å². The van der Waals surface area contributed by atoms with Crippen LogP contribution >= 0.6 is 0 Å². The molecular formula is C26H33FN2O8. The Morgan fingerprint density at radius 3 is 2.30 bits per heavy atom. The molecule has 0 aliphatic carbocycles. The van der Waals surface area contributed by atoms with Crippen LogP contribution in [0.5, 0.6) is 17.2 Å². The van der Waals surface area contributed by atoms with Gasteiger partial charge in [-0.2, -0.15) is 0 Å². The summed E-state index contributed by atoms with van der Waals surface area (Å²) in [7, 11) is 2.82. The molecule has 1 aromatic heterocycles. The van der Waals surface area contributed by atoms with E-state index in [0.29, 0.717) is 11.3 Å². The first-order chi connectivity index (χ1) is 17.5. The van der Waals surface area contributed by atoms with Crippen molar-refractivity contribution in [1.29, 1.82) is 0 Å². The summed E-state index contributed by atoms with van der Waals surface area (Å²) < 4.78 is 40.1. The Morgan fingerprint density at radius 1 is 1.03 bits per heavy atom. The summed E-state index contributed by atoms with van der Waals surface area (Å²) in [5, 5.41) is 2.54. The van der Waals surface area contributed by atoms with Gasteiger partial charge in [-0.3, -0.25) is 9.59 Å². The lowest BCUT2D eigenvalue weighted by atomic mass is 9.84. The number of esters is 2. The summed E-state index contributed by atoms with van der Waals surface area (Å²) in [4.78, 5) is 40.9. The molecule has 0 saturated carbocycles. The highest BCUT2D eigenvalue weighted by Crippen LogP contribution is 2.36. The molecule has 11 heteroatoms. The molecule has 2 unspecified atom stereocenters. The summed E-state index contributed by atoms with van der Waals surface area (Å²) in [5.41, 5.74) is 0.529. The molecule has 0 spiro atoms. The van der Waals surface area contributed by atoms with Crippen LogP contribution in [0.2, 0.25) is 0 Å². The molecule has 3 atom stereocenters. The van der Waals surface area contributed by atoms with Crippen LogP contribution in [0.25, 0.3) is 0 Å². The number of hydrogen-bond acceptors (Lipinski definition) is 9. The lowest BCUT2D eigenvalue weighted by Crippen LogP contribution is -2.42. The Morgan fingerprint density at radius 2 is 1.70 bits per heavy atom. The van der Waals surface area contributed by atoms with Crippen molar-refractivity contribution in [3.8, 4) is 17.2 Å². The Balaban J connectivity index is 2.16. The van der Waals surface area contributed by atoms with E-state index in [2.05, 4.69) is 10.3 Å². The fourth-order valence-electron chi connectivity index (χ4n) is 3.86. The first kappa shape index (κ1) is 29.3. The number of rotatable bonds is 12. The molecule has 202 valence electrons. The number of nitrogens with one attached hydrogen (secondary N) is 1. The third-order valence-electron chi connectivity index (χ3n) is 5.55. The van der Waals surface area contributed by atoms with Crippen LogP contribution in [0.1, 0.15) is 56.6 Å². The molecule has 1 N–H and O–H groups in total. The summed E-state index contributed by atoms with van der Waals surface area (Å²) in [5.74, 6) is -2.22. The standard InChI is InChI=1S/C26H33FN2O8/c1-14(2)22(19-9-8-18(27)12-21(19)34-7)16(4)37-26(32)15(3)29-25(31)23-24(36-13-35-17(5)30)20(33-6)10-11-28-23/h8-12,14-16,22H,13H2,1-7H3,(H,29,31)/t15-,16?,22?/m0/s1. The topological polar surface area (TPSA) is 122 Å². The van der Waals surface area contributed by atoms with Gasteiger partial charge in [-0.15, -0.1) is 0 Å². The number of ether oxygens (including phenoxy) is 5. The first-order valence-corrected chi connectivity index (χ1v) is 11.6. The van der Waals surface area contributed by atoms with E-state index in [1.165, 1.54) is 52.5 Å². The van der Waals surface area contributed by atoms with Crippen molar-refractivity contribution in [2.24, 2.45) is 5.92 Å². The van der Waals surface area contributed by atoms with Crippen molar-refractivity contribution < 1.29 is 42.5 Å². The fraction of sp³-hybridized carbons (Fsp3) is 0.462. The maximum absolute atomic E-state index is 13.7. The van der Waals surface area contributed by atoms with Crippen LogP contribution in [0, 0.1) is 11.7 Å². The molecule has 1 aromatic carbocycles. The van der Waals surface area contributed by atoms with Crippen LogP contribution in [-0.2, 0) is 19.1 Å². The number of halogens is 1. The van der Waals surface area contributed by atoms with Crippen LogP contribution in [0.4, 0.5) is 4.39 Å². The average Bonchev–Trinajstić information content (AvgIpc) is 2.84. The molecule has 2 rings (SSSR count). The molecule has 1 amide bonds. The normalized spacial score (nSPS) is 13.2. The summed E-state index contributed by atoms with van der Waals surface area (Å²) in [6.45, 7) is 7.85. The SMILES string of the molecule is COc1cc(F)ccc1C(C(C)C)C(C)OC(=O)[C@H](C)NC(=O)c1nccc(OC)c1OCOC(C)=O. The van der Waals surface area contributed by atoms with Gasteiger partial charge in [0, 0.05) is 36.7 Å². The van der Waals surface area contributed by atoms with E-state index in [1.807, 2.05) is 13.8 Å². The van der Waals surface area contributed by atoms with Gasteiger partial charge in [0.1, 0.15) is 23.7 Å². The van der Waals surface area contributed by atoms with Crippen molar-refractivity contribution >= 4 is 17.8 Å². The highest BCUT2D eigenvalue weighted by molar-refractivity contribution is 5.98.